The smallest absolute Gasteiger partial charge is 0.270 e. The Bertz CT molecular complexity index is 821. The Morgan fingerprint density at radius 3 is 2.52 bits per heavy atom. The molecule has 1 aliphatic rings. The highest BCUT2D eigenvalue weighted by Gasteiger charge is 2.37. The van der Waals surface area contributed by atoms with E-state index in [1.165, 1.54) is 6.20 Å². The average molecular weight is 359 g/mol. The van der Waals surface area contributed by atoms with Crippen LogP contribution in [0, 0.1) is 0 Å². The second-order valence-corrected chi connectivity index (χ2v) is 6.06. The van der Waals surface area contributed by atoms with Crippen molar-refractivity contribution in [2.24, 2.45) is 0 Å². The molecule has 1 heterocycles. The molecule has 2 aromatic rings. The van der Waals surface area contributed by atoms with E-state index in [1.807, 2.05) is 0 Å². The van der Waals surface area contributed by atoms with Crippen LogP contribution in [0.5, 0.6) is 0 Å². The second kappa shape index (κ2) is 7.09. The molecule has 1 amide bonds. The van der Waals surface area contributed by atoms with Gasteiger partial charge in [-0.3, -0.25) is 4.79 Å². The maximum atomic E-state index is 15.1. The topological polar surface area (TPSA) is 61.4 Å². The van der Waals surface area contributed by atoms with Crippen molar-refractivity contribution in [3.05, 3.63) is 89.2 Å². The Labute approximate surface area is 149 Å². The molecule has 3 N–H and O–H groups in total. The Morgan fingerprint density at radius 2 is 1.84 bits per heavy atom. The number of hydrogen-bond donors (Lipinski definition) is 3. The van der Waals surface area contributed by atoms with Gasteiger partial charge in [-0.25, -0.2) is 4.39 Å². The number of amides is 1. The van der Waals surface area contributed by atoms with Crippen LogP contribution in [0.15, 0.2) is 78.6 Å². The third-order valence-corrected chi connectivity index (χ3v) is 4.05. The van der Waals surface area contributed by atoms with E-state index < -0.39 is 17.7 Å². The monoisotopic (exact) mass is 358 g/mol. The first-order valence-electron chi connectivity index (χ1n) is 7.64. The fraction of sp³-hybridized carbons (Fsp3) is 0.105. The molecule has 0 aliphatic carbocycles. The third-order valence-electron chi connectivity index (χ3n) is 3.80. The lowest BCUT2D eigenvalue weighted by Gasteiger charge is -2.25. The van der Waals surface area contributed by atoms with Crippen molar-refractivity contribution in [1.29, 1.82) is 0 Å². The summed E-state index contributed by atoms with van der Waals surface area (Å²) in [6, 6.07) is 15.1. The van der Waals surface area contributed by atoms with Gasteiger partial charge < -0.3 is 15.7 Å². The number of anilines is 1. The summed E-state index contributed by atoms with van der Waals surface area (Å²) in [6.07, 6.45) is 2.37. The maximum absolute atomic E-state index is 15.1. The maximum Gasteiger partial charge on any atom is 0.270 e. The Morgan fingerprint density at radius 1 is 1.16 bits per heavy atom. The number of benzene rings is 2. The van der Waals surface area contributed by atoms with Crippen LogP contribution < -0.4 is 10.6 Å². The molecule has 2 aromatic carbocycles. The number of rotatable bonds is 4. The van der Waals surface area contributed by atoms with Gasteiger partial charge in [0.2, 0.25) is 5.67 Å². The van der Waals surface area contributed by atoms with Crippen LogP contribution in [0.3, 0.4) is 0 Å². The normalized spacial score (nSPS) is 20.4. The lowest BCUT2D eigenvalue weighted by Crippen LogP contribution is -2.39. The molecule has 0 bridgehead atoms. The van der Waals surface area contributed by atoms with Crippen molar-refractivity contribution in [1.82, 2.24) is 5.32 Å². The number of hydrogen-bond acceptors (Lipinski definition) is 3. The molecule has 3 rings (SSSR count). The minimum Gasteiger partial charge on any atom is -0.382 e. The van der Waals surface area contributed by atoms with E-state index in [0.717, 1.165) is 12.2 Å². The van der Waals surface area contributed by atoms with Crippen molar-refractivity contribution in [2.75, 3.05) is 5.32 Å². The number of aliphatic hydroxyl groups is 1. The molecule has 6 heteroatoms. The minimum absolute atomic E-state index is 0.176. The summed E-state index contributed by atoms with van der Waals surface area (Å²) in [4.78, 5) is 12.3. The molecule has 2 atom stereocenters. The van der Waals surface area contributed by atoms with Crippen molar-refractivity contribution >= 4 is 23.2 Å². The van der Waals surface area contributed by atoms with Crippen molar-refractivity contribution in [2.45, 2.75) is 11.8 Å². The largest absolute Gasteiger partial charge is 0.382 e. The molecule has 0 spiro atoms. The Hall–Kier alpha value is -2.63. The minimum atomic E-state index is -2.37. The first kappa shape index (κ1) is 17.2. The van der Waals surface area contributed by atoms with E-state index in [4.69, 9.17) is 11.6 Å². The van der Waals surface area contributed by atoms with Crippen LogP contribution in [0.2, 0.25) is 5.02 Å². The summed E-state index contributed by atoms with van der Waals surface area (Å²) < 4.78 is 15.1. The molecule has 0 radical (unpaired) electrons. The van der Waals surface area contributed by atoms with Crippen LogP contribution in [-0.4, -0.2) is 16.7 Å². The molecule has 0 fully saturated rings. The van der Waals surface area contributed by atoms with Crippen molar-refractivity contribution < 1.29 is 14.3 Å². The van der Waals surface area contributed by atoms with Gasteiger partial charge in [-0.1, -0.05) is 41.9 Å². The van der Waals surface area contributed by atoms with Crippen LogP contribution in [-0.2, 0) is 4.79 Å². The van der Waals surface area contributed by atoms with E-state index in [9.17, 15) is 9.90 Å². The van der Waals surface area contributed by atoms with Gasteiger partial charge in [0.1, 0.15) is 6.10 Å². The molecule has 1 aliphatic heterocycles. The molecule has 128 valence electrons. The molecule has 2 unspecified atom stereocenters. The van der Waals surface area contributed by atoms with Crippen LogP contribution in [0.25, 0.3) is 0 Å². The highest BCUT2D eigenvalue weighted by Crippen LogP contribution is 2.29. The average Bonchev–Trinajstić information content (AvgIpc) is 2.62. The van der Waals surface area contributed by atoms with Gasteiger partial charge in [-0.05, 0) is 42.0 Å². The fourth-order valence-electron chi connectivity index (χ4n) is 2.45. The van der Waals surface area contributed by atoms with Gasteiger partial charge in [0.15, 0.2) is 0 Å². The fourth-order valence-corrected chi connectivity index (χ4v) is 2.57. The molecule has 0 saturated carbocycles. The standard InChI is InChI=1S/C19H16ClFN2O2/c20-14-8-6-13(7-9-14)17(24)16-12-19(21,10-11-22-16)18(25)23-15-4-2-1-3-5-15/h1-12,17,22,24H,(H,23,25). The molecular formula is C19H16ClFN2O2. The molecule has 0 saturated heterocycles. The number of nitrogens with one attached hydrogen (secondary N) is 2. The zero-order valence-electron chi connectivity index (χ0n) is 13.1. The number of dihydropyridines is 1. The molecule has 25 heavy (non-hydrogen) atoms. The van der Waals surface area contributed by atoms with Gasteiger partial charge in [0.25, 0.3) is 5.91 Å². The summed E-state index contributed by atoms with van der Waals surface area (Å²) in [7, 11) is 0. The lowest BCUT2D eigenvalue weighted by molar-refractivity contribution is -0.122. The van der Waals surface area contributed by atoms with Crippen LogP contribution in [0.1, 0.15) is 11.7 Å². The number of carbonyl (C=O) groups excluding carboxylic acids is 1. The second-order valence-electron chi connectivity index (χ2n) is 5.62. The highest BCUT2D eigenvalue weighted by atomic mass is 35.5. The number of aliphatic hydroxyl groups excluding tert-OH is 1. The summed E-state index contributed by atoms with van der Waals surface area (Å²) in [5.41, 5.74) is -1.17. The van der Waals surface area contributed by atoms with E-state index in [2.05, 4.69) is 10.6 Å². The third kappa shape index (κ3) is 3.90. The van der Waals surface area contributed by atoms with Gasteiger partial charge in [-0.2, -0.15) is 0 Å². The number of carbonyl (C=O) groups is 1. The van der Waals surface area contributed by atoms with E-state index in [1.54, 1.807) is 54.6 Å². The van der Waals surface area contributed by atoms with Crippen molar-refractivity contribution in [3.8, 4) is 0 Å². The summed E-state index contributed by atoms with van der Waals surface area (Å²) in [5.74, 6) is -0.836. The molecular weight excluding hydrogens is 343 g/mol. The number of para-hydroxylation sites is 1. The van der Waals surface area contributed by atoms with E-state index in [0.29, 0.717) is 16.3 Å². The van der Waals surface area contributed by atoms with E-state index in [-0.39, 0.29) is 5.70 Å². The van der Waals surface area contributed by atoms with E-state index >= 15 is 4.39 Å². The van der Waals surface area contributed by atoms with Gasteiger partial charge in [0, 0.05) is 22.6 Å². The SMILES string of the molecule is O=C(Nc1ccccc1)C1(F)C=CNC(C(O)c2ccc(Cl)cc2)=C1. The predicted molar refractivity (Wildman–Crippen MR) is 95.7 cm³/mol. The summed E-state index contributed by atoms with van der Waals surface area (Å²) in [6.45, 7) is 0. The van der Waals surface area contributed by atoms with Crippen LogP contribution >= 0.6 is 11.6 Å². The van der Waals surface area contributed by atoms with Crippen LogP contribution in [0.4, 0.5) is 10.1 Å². The van der Waals surface area contributed by atoms with Gasteiger partial charge in [0.05, 0.1) is 0 Å². The number of alkyl halides is 1. The zero-order chi connectivity index (χ0) is 17.9. The van der Waals surface area contributed by atoms with Gasteiger partial charge in [-0.15, -0.1) is 0 Å². The summed E-state index contributed by atoms with van der Waals surface area (Å²) >= 11 is 5.83. The van der Waals surface area contributed by atoms with Gasteiger partial charge >= 0.3 is 0 Å². The Kier molecular flexibility index (Phi) is 4.88. The molecule has 0 aromatic heterocycles. The first-order chi connectivity index (χ1) is 12.0. The van der Waals surface area contributed by atoms with Crippen molar-refractivity contribution in [3.63, 3.8) is 0 Å². The summed E-state index contributed by atoms with van der Waals surface area (Å²) in [5, 5.41) is 16.3. The quantitative estimate of drug-likeness (QED) is 0.780. The Balaban J connectivity index is 1.81. The predicted octanol–water partition coefficient (Wildman–Crippen LogP) is 3.72. The zero-order valence-corrected chi connectivity index (χ0v) is 13.9. The highest BCUT2D eigenvalue weighted by molar-refractivity contribution is 6.30. The molecule has 4 nitrogen and oxygen atoms in total. The number of halogens is 2. The first-order valence-corrected chi connectivity index (χ1v) is 8.02. The lowest BCUT2D eigenvalue weighted by atomic mass is 9.96.